The first-order valence-electron chi connectivity index (χ1n) is 5.94. The maximum Gasteiger partial charge on any atom is 0.306 e. The van der Waals surface area contributed by atoms with E-state index in [1.165, 1.54) is 6.20 Å². The van der Waals surface area contributed by atoms with Crippen LogP contribution in [0.4, 0.5) is 0 Å². The molecular weight excluding hydrogens is 232 g/mol. The number of aryl methyl sites for hydroxylation is 1. The minimum absolute atomic E-state index is 0.175. The Kier molecular flexibility index (Phi) is 5.30. The highest BCUT2D eigenvalue weighted by molar-refractivity contribution is 5.93. The first-order valence-corrected chi connectivity index (χ1v) is 5.94. The molecule has 0 aliphatic carbocycles. The van der Waals surface area contributed by atoms with Gasteiger partial charge >= 0.3 is 5.97 Å². The van der Waals surface area contributed by atoms with E-state index in [0.29, 0.717) is 24.9 Å². The van der Waals surface area contributed by atoms with Gasteiger partial charge in [0.2, 0.25) is 0 Å². The first kappa shape index (κ1) is 14.2. The van der Waals surface area contributed by atoms with Crippen molar-refractivity contribution in [2.75, 3.05) is 6.54 Å². The Labute approximate surface area is 106 Å². The summed E-state index contributed by atoms with van der Waals surface area (Å²) >= 11 is 0. The molecule has 0 fully saturated rings. The molecule has 0 spiro atoms. The molecule has 98 valence electrons. The number of amides is 1. The number of hydrogen-bond donors (Lipinski definition) is 2. The Hall–Kier alpha value is -1.91. The van der Waals surface area contributed by atoms with Crippen LogP contribution in [0.15, 0.2) is 18.3 Å². The van der Waals surface area contributed by atoms with Gasteiger partial charge in [0.05, 0.1) is 11.5 Å². The quantitative estimate of drug-likeness (QED) is 0.752. The lowest BCUT2D eigenvalue weighted by molar-refractivity contribution is -0.141. The van der Waals surface area contributed by atoms with Crippen LogP contribution < -0.4 is 5.32 Å². The Morgan fingerprint density at radius 3 is 2.72 bits per heavy atom. The molecule has 5 nitrogen and oxygen atoms in total. The summed E-state index contributed by atoms with van der Waals surface area (Å²) < 4.78 is 0. The second-order valence-corrected chi connectivity index (χ2v) is 4.33. The van der Waals surface area contributed by atoms with Gasteiger partial charge in [0.25, 0.3) is 5.91 Å². The third-order valence-corrected chi connectivity index (χ3v) is 2.69. The van der Waals surface area contributed by atoms with Crippen molar-refractivity contribution in [1.82, 2.24) is 10.3 Å². The average Bonchev–Trinajstić information content (AvgIpc) is 2.34. The van der Waals surface area contributed by atoms with Crippen LogP contribution in [0.1, 0.15) is 35.8 Å². The zero-order valence-corrected chi connectivity index (χ0v) is 10.6. The van der Waals surface area contributed by atoms with Gasteiger partial charge in [-0.3, -0.25) is 14.6 Å². The molecule has 1 atom stereocenters. The van der Waals surface area contributed by atoms with Gasteiger partial charge in [-0.05, 0) is 31.9 Å². The number of nitrogens with zero attached hydrogens (tertiary/aromatic N) is 1. The molecule has 18 heavy (non-hydrogen) atoms. The molecule has 5 heteroatoms. The molecule has 0 saturated carbocycles. The summed E-state index contributed by atoms with van der Waals surface area (Å²) in [7, 11) is 0. The highest BCUT2D eigenvalue weighted by Gasteiger charge is 2.10. The number of pyridine rings is 1. The fourth-order valence-electron chi connectivity index (χ4n) is 1.44. The molecule has 2 N–H and O–H groups in total. The lowest BCUT2D eigenvalue weighted by Gasteiger charge is -2.07. The molecule has 1 unspecified atom stereocenters. The largest absolute Gasteiger partial charge is 0.481 e. The number of hydrogen-bond acceptors (Lipinski definition) is 3. The van der Waals surface area contributed by atoms with E-state index in [1.807, 2.05) is 6.92 Å². The van der Waals surface area contributed by atoms with E-state index in [0.717, 1.165) is 5.69 Å². The number of carbonyl (C=O) groups is 2. The van der Waals surface area contributed by atoms with Crippen molar-refractivity contribution in [2.45, 2.75) is 26.7 Å². The van der Waals surface area contributed by atoms with Crippen molar-refractivity contribution >= 4 is 11.9 Å². The fourth-order valence-corrected chi connectivity index (χ4v) is 1.44. The topological polar surface area (TPSA) is 79.3 Å². The van der Waals surface area contributed by atoms with E-state index in [-0.39, 0.29) is 11.8 Å². The maximum atomic E-state index is 11.7. The summed E-state index contributed by atoms with van der Waals surface area (Å²) in [6, 6.07) is 3.50. The summed E-state index contributed by atoms with van der Waals surface area (Å²) in [5, 5.41) is 11.4. The second kappa shape index (κ2) is 6.74. The van der Waals surface area contributed by atoms with Gasteiger partial charge in [0.1, 0.15) is 0 Å². The summed E-state index contributed by atoms with van der Waals surface area (Å²) in [6.45, 7) is 3.99. The molecule has 0 radical (unpaired) electrons. The normalized spacial score (nSPS) is 11.9. The van der Waals surface area contributed by atoms with E-state index < -0.39 is 5.97 Å². The van der Waals surface area contributed by atoms with Crippen LogP contribution in [-0.2, 0) is 4.79 Å². The molecule has 1 amide bonds. The van der Waals surface area contributed by atoms with Crippen LogP contribution in [-0.4, -0.2) is 28.5 Å². The molecule has 1 aromatic rings. The number of rotatable bonds is 6. The summed E-state index contributed by atoms with van der Waals surface area (Å²) in [6.07, 6.45) is 2.74. The molecule has 0 aromatic carbocycles. The molecule has 0 aliphatic rings. The van der Waals surface area contributed by atoms with E-state index in [1.54, 1.807) is 19.1 Å². The molecule has 1 rings (SSSR count). The highest BCUT2D eigenvalue weighted by atomic mass is 16.4. The van der Waals surface area contributed by atoms with Crippen LogP contribution in [0, 0.1) is 12.8 Å². The Morgan fingerprint density at radius 2 is 2.17 bits per heavy atom. The van der Waals surface area contributed by atoms with E-state index >= 15 is 0 Å². The molecule has 0 bridgehead atoms. The predicted molar refractivity (Wildman–Crippen MR) is 67.3 cm³/mol. The Balaban J connectivity index is 2.29. The van der Waals surface area contributed by atoms with Crippen LogP contribution in [0.25, 0.3) is 0 Å². The first-order chi connectivity index (χ1) is 8.50. The van der Waals surface area contributed by atoms with Crippen LogP contribution >= 0.6 is 0 Å². The van der Waals surface area contributed by atoms with E-state index in [9.17, 15) is 9.59 Å². The molecule has 1 heterocycles. The Bertz CT molecular complexity index is 415. The standard InChI is InChI=1S/C13H18N2O3/c1-9(13(17)18)4-3-7-14-12(16)11-6-5-10(2)15-8-11/h5-6,8-9H,3-4,7H2,1-2H3,(H,14,16)(H,17,18). The zero-order valence-electron chi connectivity index (χ0n) is 10.6. The van der Waals surface area contributed by atoms with Crippen molar-refractivity contribution in [3.63, 3.8) is 0 Å². The number of carbonyl (C=O) groups excluding carboxylic acids is 1. The summed E-state index contributed by atoms with van der Waals surface area (Å²) in [5.41, 5.74) is 1.38. The minimum Gasteiger partial charge on any atom is -0.481 e. The van der Waals surface area contributed by atoms with Gasteiger partial charge in [-0.2, -0.15) is 0 Å². The maximum absolute atomic E-state index is 11.7. The highest BCUT2D eigenvalue weighted by Crippen LogP contribution is 2.05. The smallest absolute Gasteiger partial charge is 0.306 e. The molecule has 0 saturated heterocycles. The van der Waals surface area contributed by atoms with Crippen molar-refractivity contribution in [2.24, 2.45) is 5.92 Å². The van der Waals surface area contributed by atoms with Crippen molar-refractivity contribution < 1.29 is 14.7 Å². The number of aromatic nitrogens is 1. The van der Waals surface area contributed by atoms with Crippen LogP contribution in [0.5, 0.6) is 0 Å². The monoisotopic (exact) mass is 250 g/mol. The lowest BCUT2D eigenvalue weighted by Crippen LogP contribution is -2.25. The average molecular weight is 250 g/mol. The van der Waals surface area contributed by atoms with Gasteiger partial charge < -0.3 is 10.4 Å². The molecule has 1 aromatic heterocycles. The lowest BCUT2D eigenvalue weighted by atomic mass is 10.1. The zero-order chi connectivity index (χ0) is 13.5. The molecular formula is C13H18N2O3. The van der Waals surface area contributed by atoms with Gasteiger partial charge in [0.15, 0.2) is 0 Å². The van der Waals surface area contributed by atoms with Crippen molar-refractivity contribution in [3.05, 3.63) is 29.6 Å². The van der Waals surface area contributed by atoms with E-state index in [2.05, 4.69) is 10.3 Å². The van der Waals surface area contributed by atoms with Crippen molar-refractivity contribution in [1.29, 1.82) is 0 Å². The Morgan fingerprint density at radius 1 is 1.44 bits per heavy atom. The number of carboxylic acids is 1. The fraction of sp³-hybridized carbons (Fsp3) is 0.462. The van der Waals surface area contributed by atoms with Gasteiger partial charge in [-0.15, -0.1) is 0 Å². The van der Waals surface area contributed by atoms with Gasteiger partial charge in [0, 0.05) is 18.4 Å². The van der Waals surface area contributed by atoms with Gasteiger partial charge in [-0.1, -0.05) is 6.92 Å². The van der Waals surface area contributed by atoms with Crippen LogP contribution in [0.3, 0.4) is 0 Å². The van der Waals surface area contributed by atoms with Crippen molar-refractivity contribution in [3.8, 4) is 0 Å². The van der Waals surface area contributed by atoms with Gasteiger partial charge in [-0.25, -0.2) is 0 Å². The molecule has 0 aliphatic heterocycles. The summed E-state index contributed by atoms with van der Waals surface area (Å²) in [4.78, 5) is 26.3. The third-order valence-electron chi connectivity index (χ3n) is 2.69. The number of carboxylic acid groups (broad SMARTS) is 1. The number of nitrogens with one attached hydrogen (secondary N) is 1. The van der Waals surface area contributed by atoms with E-state index in [4.69, 9.17) is 5.11 Å². The van der Waals surface area contributed by atoms with Crippen LogP contribution in [0.2, 0.25) is 0 Å². The second-order valence-electron chi connectivity index (χ2n) is 4.33. The number of aliphatic carboxylic acids is 1. The third kappa shape index (κ3) is 4.53. The minimum atomic E-state index is -0.802. The predicted octanol–water partition coefficient (Wildman–Crippen LogP) is 1.62. The SMILES string of the molecule is Cc1ccc(C(=O)NCCCC(C)C(=O)O)cn1. The summed E-state index contributed by atoms with van der Waals surface area (Å²) in [5.74, 6) is -1.35.